The molecule has 130 valence electrons. The van der Waals surface area contributed by atoms with Gasteiger partial charge in [0.2, 0.25) is 11.8 Å². The summed E-state index contributed by atoms with van der Waals surface area (Å²) in [5.41, 5.74) is 1.72. The van der Waals surface area contributed by atoms with Gasteiger partial charge in [-0.25, -0.2) is 0 Å². The Balaban J connectivity index is 1.58. The van der Waals surface area contributed by atoms with Crippen molar-refractivity contribution in [3.05, 3.63) is 64.1 Å². The monoisotopic (exact) mass is 376 g/mol. The van der Waals surface area contributed by atoms with E-state index in [1.165, 1.54) is 4.90 Å². The van der Waals surface area contributed by atoms with Gasteiger partial charge in [-0.2, -0.15) is 0 Å². The van der Waals surface area contributed by atoms with Gasteiger partial charge in [0.1, 0.15) is 0 Å². The predicted molar refractivity (Wildman–Crippen MR) is 100 cm³/mol. The van der Waals surface area contributed by atoms with E-state index in [0.717, 1.165) is 12.0 Å². The minimum atomic E-state index is -0.377. The second-order valence-corrected chi connectivity index (χ2v) is 6.79. The highest BCUT2D eigenvalue weighted by Crippen LogP contribution is 2.35. The zero-order valence-corrected chi connectivity index (χ0v) is 15.1. The molecule has 3 rings (SSSR count). The fraction of sp³-hybridized carbons (Fsp3) is 0.263. The Morgan fingerprint density at radius 1 is 1.12 bits per heavy atom. The molecule has 2 amide bonds. The summed E-state index contributed by atoms with van der Waals surface area (Å²) in [6.45, 7) is 0.863. The quantitative estimate of drug-likeness (QED) is 0.864. The molecule has 2 aromatic carbocycles. The van der Waals surface area contributed by atoms with Crippen LogP contribution in [-0.2, 0) is 16.0 Å². The van der Waals surface area contributed by atoms with Crippen molar-refractivity contribution in [3.63, 3.8) is 0 Å². The highest BCUT2D eigenvalue weighted by atomic mass is 35.5. The van der Waals surface area contributed by atoms with Gasteiger partial charge in [0.25, 0.3) is 0 Å². The molecule has 1 heterocycles. The van der Waals surface area contributed by atoms with Crippen LogP contribution >= 0.6 is 23.2 Å². The second kappa shape index (κ2) is 7.89. The van der Waals surface area contributed by atoms with E-state index < -0.39 is 0 Å². The molecule has 0 unspecified atom stereocenters. The zero-order valence-electron chi connectivity index (χ0n) is 13.5. The SMILES string of the molecule is O=C(NCCc1ccccc1)[C@H]1CC(=O)N(c2cccc(Cl)c2Cl)C1. The van der Waals surface area contributed by atoms with Crippen molar-refractivity contribution in [2.75, 3.05) is 18.0 Å². The van der Waals surface area contributed by atoms with Crippen molar-refractivity contribution < 1.29 is 9.59 Å². The number of hydrogen-bond donors (Lipinski definition) is 1. The molecule has 1 N–H and O–H groups in total. The number of carbonyl (C=O) groups excluding carboxylic acids is 2. The number of benzene rings is 2. The van der Waals surface area contributed by atoms with Crippen molar-refractivity contribution in [2.24, 2.45) is 5.92 Å². The Bertz CT molecular complexity index is 780. The summed E-state index contributed by atoms with van der Waals surface area (Å²) >= 11 is 12.2. The van der Waals surface area contributed by atoms with Gasteiger partial charge < -0.3 is 10.2 Å². The summed E-state index contributed by atoms with van der Waals surface area (Å²) in [4.78, 5) is 26.2. The number of hydrogen-bond acceptors (Lipinski definition) is 2. The summed E-state index contributed by atoms with van der Waals surface area (Å²) in [6, 6.07) is 15.1. The molecule has 1 atom stereocenters. The smallest absolute Gasteiger partial charge is 0.227 e. The summed E-state index contributed by atoms with van der Waals surface area (Å²) in [5, 5.41) is 3.64. The number of nitrogens with one attached hydrogen (secondary N) is 1. The minimum absolute atomic E-state index is 0.107. The molecule has 1 fully saturated rings. The first kappa shape index (κ1) is 17.8. The van der Waals surface area contributed by atoms with Crippen LogP contribution in [-0.4, -0.2) is 24.9 Å². The molecule has 6 heteroatoms. The highest BCUT2D eigenvalue weighted by molar-refractivity contribution is 6.44. The van der Waals surface area contributed by atoms with Crippen LogP contribution in [0.15, 0.2) is 48.5 Å². The molecule has 0 bridgehead atoms. The topological polar surface area (TPSA) is 49.4 Å². The normalized spacial score (nSPS) is 17.0. The average molecular weight is 377 g/mol. The highest BCUT2D eigenvalue weighted by Gasteiger charge is 2.35. The largest absolute Gasteiger partial charge is 0.355 e. The van der Waals surface area contributed by atoms with Crippen molar-refractivity contribution in [3.8, 4) is 0 Å². The van der Waals surface area contributed by atoms with E-state index in [1.807, 2.05) is 30.3 Å². The maximum atomic E-state index is 12.4. The van der Waals surface area contributed by atoms with E-state index in [-0.39, 0.29) is 24.2 Å². The van der Waals surface area contributed by atoms with Crippen molar-refractivity contribution in [1.29, 1.82) is 0 Å². The van der Waals surface area contributed by atoms with Gasteiger partial charge >= 0.3 is 0 Å². The van der Waals surface area contributed by atoms with Gasteiger partial charge in [-0.05, 0) is 24.1 Å². The first-order valence-corrected chi connectivity index (χ1v) is 8.88. The van der Waals surface area contributed by atoms with E-state index in [0.29, 0.717) is 28.8 Å². The van der Waals surface area contributed by atoms with Crippen LogP contribution in [0.1, 0.15) is 12.0 Å². The van der Waals surface area contributed by atoms with E-state index in [1.54, 1.807) is 18.2 Å². The molecule has 1 aliphatic heterocycles. The molecule has 0 spiro atoms. The molecule has 0 aromatic heterocycles. The standard InChI is InChI=1S/C19H18Cl2N2O2/c20-15-7-4-8-16(18(15)21)23-12-14(11-17(23)24)19(25)22-10-9-13-5-2-1-3-6-13/h1-8,14H,9-12H2,(H,22,25)/t14-/m0/s1. The lowest BCUT2D eigenvalue weighted by atomic mass is 10.1. The molecular weight excluding hydrogens is 359 g/mol. The summed E-state index contributed by atoms with van der Waals surface area (Å²) < 4.78 is 0. The second-order valence-electron chi connectivity index (χ2n) is 6.00. The van der Waals surface area contributed by atoms with E-state index >= 15 is 0 Å². The maximum absolute atomic E-state index is 12.4. The van der Waals surface area contributed by atoms with E-state index in [4.69, 9.17) is 23.2 Å². The van der Waals surface area contributed by atoms with Crippen molar-refractivity contribution >= 4 is 40.7 Å². The number of rotatable bonds is 5. The number of anilines is 1. The number of amides is 2. The van der Waals surface area contributed by atoms with Gasteiger partial charge in [-0.1, -0.05) is 59.6 Å². The first-order chi connectivity index (χ1) is 12.1. The third-order valence-corrected chi connectivity index (χ3v) is 5.08. The number of carbonyl (C=O) groups is 2. The van der Waals surface area contributed by atoms with Crippen LogP contribution in [0.4, 0.5) is 5.69 Å². The molecule has 25 heavy (non-hydrogen) atoms. The molecule has 0 saturated carbocycles. The van der Waals surface area contributed by atoms with Crippen molar-refractivity contribution in [2.45, 2.75) is 12.8 Å². The molecule has 1 saturated heterocycles. The Hall–Kier alpha value is -2.04. The molecule has 1 aliphatic rings. The van der Waals surface area contributed by atoms with Gasteiger partial charge in [0, 0.05) is 19.5 Å². The van der Waals surface area contributed by atoms with Crippen LogP contribution in [0.2, 0.25) is 10.0 Å². The average Bonchev–Trinajstić information content (AvgIpc) is 3.00. The zero-order chi connectivity index (χ0) is 17.8. The lowest BCUT2D eigenvalue weighted by Gasteiger charge is -2.18. The molecule has 4 nitrogen and oxygen atoms in total. The third kappa shape index (κ3) is 4.14. The fourth-order valence-corrected chi connectivity index (χ4v) is 3.33. The molecule has 2 aromatic rings. The third-order valence-electron chi connectivity index (χ3n) is 4.27. The summed E-state index contributed by atoms with van der Waals surface area (Å²) in [6.07, 6.45) is 0.942. The van der Waals surface area contributed by atoms with Gasteiger partial charge in [-0.15, -0.1) is 0 Å². The van der Waals surface area contributed by atoms with Crippen LogP contribution in [0.3, 0.4) is 0 Å². The van der Waals surface area contributed by atoms with Crippen LogP contribution in [0.5, 0.6) is 0 Å². The maximum Gasteiger partial charge on any atom is 0.227 e. The molecular formula is C19H18Cl2N2O2. The number of nitrogens with zero attached hydrogens (tertiary/aromatic N) is 1. The van der Waals surface area contributed by atoms with Crippen LogP contribution < -0.4 is 10.2 Å². The Morgan fingerprint density at radius 3 is 2.64 bits per heavy atom. The Morgan fingerprint density at radius 2 is 1.88 bits per heavy atom. The minimum Gasteiger partial charge on any atom is -0.355 e. The van der Waals surface area contributed by atoms with E-state index in [2.05, 4.69) is 5.32 Å². The van der Waals surface area contributed by atoms with Crippen LogP contribution in [0.25, 0.3) is 0 Å². The molecule has 0 radical (unpaired) electrons. The summed E-state index contributed by atoms with van der Waals surface area (Å²) in [5.74, 6) is -0.601. The summed E-state index contributed by atoms with van der Waals surface area (Å²) in [7, 11) is 0. The van der Waals surface area contributed by atoms with Crippen LogP contribution in [0, 0.1) is 5.92 Å². The Labute approximate surface area is 156 Å². The lowest BCUT2D eigenvalue weighted by molar-refractivity contribution is -0.126. The van der Waals surface area contributed by atoms with Gasteiger partial charge in [-0.3, -0.25) is 9.59 Å². The van der Waals surface area contributed by atoms with Gasteiger partial charge in [0.05, 0.1) is 21.7 Å². The molecule has 0 aliphatic carbocycles. The van der Waals surface area contributed by atoms with E-state index in [9.17, 15) is 9.59 Å². The lowest BCUT2D eigenvalue weighted by Crippen LogP contribution is -2.34. The predicted octanol–water partition coefficient (Wildman–Crippen LogP) is 3.71. The fourth-order valence-electron chi connectivity index (χ4n) is 2.94. The van der Waals surface area contributed by atoms with Crippen molar-refractivity contribution in [1.82, 2.24) is 5.32 Å². The Kier molecular flexibility index (Phi) is 5.61. The first-order valence-electron chi connectivity index (χ1n) is 8.12. The van der Waals surface area contributed by atoms with Gasteiger partial charge in [0.15, 0.2) is 0 Å². The number of halogens is 2.